The molecule has 0 aliphatic carbocycles. The number of methoxy groups -OCH3 is 1. The highest BCUT2D eigenvalue weighted by Crippen LogP contribution is 2.36. The Morgan fingerprint density at radius 1 is 1.06 bits per heavy atom. The second kappa shape index (κ2) is 10.4. The lowest BCUT2D eigenvalue weighted by Crippen LogP contribution is -2.38. The molecule has 1 aliphatic heterocycles. The molecule has 1 amide bonds. The number of nitrogens with zero attached hydrogens (tertiary/aromatic N) is 2. The number of rotatable bonds is 8. The van der Waals surface area contributed by atoms with Crippen LogP contribution in [0.4, 0.5) is 5.13 Å². The summed E-state index contributed by atoms with van der Waals surface area (Å²) in [4.78, 5) is 20.6. The number of ether oxygens (including phenoxy) is 2. The zero-order valence-electron chi connectivity index (χ0n) is 19.2. The van der Waals surface area contributed by atoms with Gasteiger partial charge in [0.25, 0.3) is 0 Å². The summed E-state index contributed by atoms with van der Waals surface area (Å²) in [7, 11) is 1.65. The van der Waals surface area contributed by atoms with Gasteiger partial charge in [-0.05, 0) is 36.1 Å². The summed E-state index contributed by atoms with van der Waals surface area (Å²) in [6.45, 7) is 1.26. The van der Waals surface area contributed by atoms with E-state index in [9.17, 15) is 4.79 Å². The maximum Gasteiger partial charge on any atom is 0.229 e. The molecule has 1 atom stereocenters. The average molecular weight is 473 g/mol. The molecule has 174 valence electrons. The molecule has 4 aromatic rings. The van der Waals surface area contributed by atoms with Crippen LogP contribution in [-0.4, -0.2) is 37.3 Å². The molecule has 5 rings (SSSR count). The smallest absolute Gasteiger partial charge is 0.229 e. The molecular weight excluding hydrogens is 444 g/mol. The summed E-state index contributed by atoms with van der Waals surface area (Å²) in [6.07, 6.45) is 2.37. The fourth-order valence-electron chi connectivity index (χ4n) is 4.55. The van der Waals surface area contributed by atoms with Crippen LogP contribution in [0.1, 0.15) is 36.3 Å². The Hall–Kier alpha value is -3.22. The summed E-state index contributed by atoms with van der Waals surface area (Å²) in [5, 5.41) is 0.694. The molecule has 0 N–H and O–H groups in total. The highest BCUT2D eigenvalue weighted by Gasteiger charge is 2.29. The van der Waals surface area contributed by atoms with Crippen LogP contribution in [0.25, 0.3) is 10.2 Å². The van der Waals surface area contributed by atoms with Crippen molar-refractivity contribution < 1.29 is 14.3 Å². The normalized spacial score (nSPS) is 15.6. The zero-order valence-corrected chi connectivity index (χ0v) is 20.0. The van der Waals surface area contributed by atoms with Gasteiger partial charge in [-0.2, -0.15) is 0 Å². The third-order valence-corrected chi connectivity index (χ3v) is 7.36. The van der Waals surface area contributed by atoms with E-state index in [4.69, 9.17) is 14.5 Å². The molecule has 1 aromatic heterocycles. The monoisotopic (exact) mass is 472 g/mol. The quantitative estimate of drug-likeness (QED) is 0.314. The highest BCUT2D eigenvalue weighted by atomic mass is 32.1. The van der Waals surface area contributed by atoms with Crippen LogP contribution < -0.4 is 9.64 Å². The van der Waals surface area contributed by atoms with Gasteiger partial charge >= 0.3 is 0 Å². The second-order valence-corrected chi connectivity index (χ2v) is 9.53. The summed E-state index contributed by atoms with van der Waals surface area (Å²) < 4.78 is 12.4. The van der Waals surface area contributed by atoms with Crippen LogP contribution in [0.3, 0.4) is 0 Å². The number of para-hydroxylation sites is 1. The van der Waals surface area contributed by atoms with Crippen molar-refractivity contribution in [2.24, 2.45) is 0 Å². The minimum Gasteiger partial charge on any atom is -0.494 e. The van der Waals surface area contributed by atoms with Crippen molar-refractivity contribution >= 4 is 32.6 Å². The van der Waals surface area contributed by atoms with E-state index in [0.717, 1.165) is 46.5 Å². The maximum atomic E-state index is 13.9. The first-order valence-corrected chi connectivity index (χ1v) is 12.5. The Morgan fingerprint density at radius 2 is 1.76 bits per heavy atom. The van der Waals surface area contributed by atoms with Crippen LogP contribution in [0, 0.1) is 0 Å². The van der Waals surface area contributed by atoms with E-state index >= 15 is 0 Å². The third-order valence-electron chi connectivity index (χ3n) is 6.32. The van der Waals surface area contributed by atoms with Gasteiger partial charge in [-0.1, -0.05) is 78.1 Å². The Labute approximate surface area is 204 Å². The van der Waals surface area contributed by atoms with E-state index in [0.29, 0.717) is 18.1 Å². The molecule has 0 saturated carbocycles. The Bertz CT molecular complexity index is 1200. The van der Waals surface area contributed by atoms with Gasteiger partial charge in [-0.15, -0.1) is 0 Å². The summed E-state index contributed by atoms with van der Waals surface area (Å²) in [6, 6.07) is 26.4. The number of amides is 1. The predicted octanol–water partition coefficient (Wildman–Crippen LogP) is 6.04. The van der Waals surface area contributed by atoms with Gasteiger partial charge in [0, 0.05) is 18.9 Å². The van der Waals surface area contributed by atoms with E-state index in [1.165, 1.54) is 11.3 Å². The van der Waals surface area contributed by atoms with E-state index in [1.807, 2.05) is 59.5 Å². The molecule has 6 heteroatoms. The lowest BCUT2D eigenvalue weighted by molar-refractivity contribution is -0.119. The first-order chi connectivity index (χ1) is 16.7. The number of carbonyl (C=O) groups is 1. The first kappa shape index (κ1) is 22.6. The van der Waals surface area contributed by atoms with Crippen molar-refractivity contribution in [2.45, 2.75) is 31.3 Å². The fraction of sp³-hybridized carbons (Fsp3) is 0.286. The van der Waals surface area contributed by atoms with Crippen molar-refractivity contribution in [1.82, 2.24) is 4.98 Å². The minimum absolute atomic E-state index is 0.0322. The summed E-state index contributed by atoms with van der Waals surface area (Å²) in [5.41, 5.74) is 3.05. The molecule has 34 heavy (non-hydrogen) atoms. The highest BCUT2D eigenvalue weighted by molar-refractivity contribution is 7.22. The molecule has 0 unspecified atom stereocenters. The van der Waals surface area contributed by atoms with E-state index in [-0.39, 0.29) is 17.9 Å². The lowest BCUT2D eigenvalue weighted by Gasteiger charge is -2.26. The van der Waals surface area contributed by atoms with Crippen molar-refractivity contribution in [1.29, 1.82) is 0 Å². The Morgan fingerprint density at radius 3 is 2.38 bits per heavy atom. The number of carbonyl (C=O) groups excluding carboxylic acids is 1. The second-order valence-electron chi connectivity index (χ2n) is 8.52. The Balaban J connectivity index is 1.49. The third kappa shape index (κ3) is 4.83. The number of thiazole rings is 1. The van der Waals surface area contributed by atoms with Gasteiger partial charge in [-0.3, -0.25) is 9.69 Å². The molecule has 1 saturated heterocycles. The standard InChI is InChI=1S/C28H28N2O3S/c1-32-24-15-8-16-25-27(24)29-28(34-25)30(19-22-14-9-17-33-22)26(31)18-23(20-10-4-2-5-11-20)21-12-6-3-7-13-21/h2-8,10-13,15-16,22-23H,9,14,17-19H2,1H3/t22-/m0/s1. The van der Waals surface area contributed by atoms with Gasteiger partial charge < -0.3 is 9.47 Å². The van der Waals surface area contributed by atoms with Gasteiger partial charge in [0.05, 0.1) is 24.5 Å². The lowest BCUT2D eigenvalue weighted by atomic mass is 9.88. The number of hydrogen-bond donors (Lipinski definition) is 0. The van der Waals surface area contributed by atoms with Gasteiger partial charge in [0.2, 0.25) is 5.91 Å². The first-order valence-electron chi connectivity index (χ1n) is 11.7. The molecule has 0 spiro atoms. The molecule has 2 heterocycles. The van der Waals surface area contributed by atoms with Crippen LogP contribution in [0.2, 0.25) is 0 Å². The van der Waals surface area contributed by atoms with Crippen LogP contribution >= 0.6 is 11.3 Å². The maximum absolute atomic E-state index is 13.9. The van der Waals surface area contributed by atoms with Crippen LogP contribution in [0.5, 0.6) is 5.75 Å². The van der Waals surface area contributed by atoms with Gasteiger partial charge in [0.1, 0.15) is 11.3 Å². The summed E-state index contributed by atoms with van der Waals surface area (Å²) in [5.74, 6) is 0.730. The van der Waals surface area contributed by atoms with Gasteiger partial charge in [-0.25, -0.2) is 4.98 Å². The molecule has 5 nitrogen and oxygen atoms in total. The number of anilines is 1. The molecule has 0 bridgehead atoms. The topological polar surface area (TPSA) is 51.7 Å². The molecule has 3 aromatic carbocycles. The SMILES string of the molecule is COc1cccc2sc(N(C[C@@H]3CCCO3)C(=O)CC(c3ccccc3)c3ccccc3)nc12. The molecule has 1 aliphatic rings. The van der Waals surface area contributed by atoms with Crippen molar-refractivity contribution in [3.05, 3.63) is 90.0 Å². The number of fused-ring (bicyclic) bond motifs is 1. The van der Waals surface area contributed by atoms with Crippen LogP contribution in [0.15, 0.2) is 78.9 Å². The van der Waals surface area contributed by atoms with Gasteiger partial charge in [0.15, 0.2) is 5.13 Å². The largest absolute Gasteiger partial charge is 0.494 e. The average Bonchev–Trinajstić information content (AvgIpc) is 3.56. The minimum atomic E-state index is -0.0363. The van der Waals surface area contributed by atoms with Crippen LogP contribution in [-0.2, 0) is 9.53 Å². The fourth-order valence-corrected chi connectivity index (χ4v) is 5.56. The van der Waals surface area contributed by atoms with E-state index in [2.05, 4.69) is 24.3 Å². The van der Waals surface area contributed by atoms with Crippen molar-refractivity contribution in [3.8, 4) is 5.75 Å². The number of benzene rings is 3. The van der Waals surface area contributed by atoms with Crippen molar-refractivity contribution in [3.63, 3.8) is 0 Å². The summed E-state index contributed by atoms with van der Waals surface area (Å²) >= 11 is 1.52. The van der Waals surface area contributed by atoms with E-state index < -0.39 is 0 Å². The molecule has 1 fully saturated rings. The zero-order chi connectivity index (χ0) is 23.3. The Kier molecular flexibility index (Phi) is 6.88. The van der Waals surface area contributed by atoms with Crippen molar-refractivity contribution in [2.75, 3.05) is 25.2 Å². The number of hydrogen-bond acceptors (Lipinski definition) is 5. The molecule has 0 radical (unpaired) electrons. The molecular formula is C28H28N2O3S. The predicted molar refractivity (Wildman–Crippen MR) is 137 cm³/mol. The number of aromatic nitrogens is 1. The van der Waals surface area contributed by atoms with E-state index in [1.54, 1.807) is 7.11 Å².